The number of aliphatic hydroxyl groups excluding tert-OH is 1. The largest absolute Gasteiger partial charge is 0.481 e. The first-order valence-corrected chi connectivity index (χ1v) is 5.05. The van der Waals surface area contributed by atoms with Crippen LogP contribution in [0.1, 0.15) is 24.5 Å². The van der Waals surface area contributed by atoms with E-state index >= 15 is 0 Å². The Kier molecular flexibility index (Phi) is 4.31. The van der Waals surface area contributed by atoms with Crippen molar-refractivity contribution in [3.05, 3.63) is 35.4 Å². The van der Waals surface area contributed by atoms with E-state index in [0.717, 1.165) is 24.0 Å². The molecular weight excluding hydrogens is 192 g/mol. The van der Waals surface area contributed by atoms with Crippen LogP contribution in [0.15, 0.2) is 24.3 Å². The lowest BCUT2D eigenvalue weighted by Crippen LogP contribution is -2.02. The molecule has 2 N–H and O–H groups in total. The van der Waals surface area contributed by atoms with Gasteiger partial charge in [-0.2, -0.15) is 0 Å². The standard InChI is InChI=1S/C12H16O3/c1-9(13)2-3-10-4-6-11(7-5-10)8-12(14)15/h4-7,9,13H,2-3,8H2,1H3,(H,14,15). The molecule has 0 amide bonds. The molecule has 0 aliphatic carbocycles. The van der Waals surface area contributed by atoms with Crippen molar-refractivity contribution < 1.29 is 15.0 Å². The molecule has 0 radical (unpaired) electrons. The van der Waals surface area contributed by atoms with Gasteiger partial charge in [-0.15, -0.1) is 0 Å². The Bertz CT molecular complexity index is 314. The number of carboxylic acid groups (broad SMARTS) is 1. The van der Waals surface area contributed by atoms with Crippen molar-refractivity contribution in [1.82, 2.24) is 0 Å². The minimum Gasteiger partial charge on any atom is -0.481 e. The fraction of sp³-hybridized carbons (Fsp3) is 0.417. The molecule has 15 heavy (non-hydrogen) atoms. The van der Waals surface area contributed by atoms with Crippen LogP contribution >= 0.6 is 0 Å². The summed E-state index contributed by atoms with van der Waals surface area (Å²) in [5, 5.41) is 17.7. The molecule has 0 bridgehead atoms. The highest BCUT2D eigenvalue weighted by molar-refractivity contribution is 5.70. The van der Waals surface area contributed by atoms with E-state index in [1.165, 1.54) is 0 Å². The minimum absolute atomic E-state index is 0.0662. The molecule has 0 saturated heterocycles. The summed E-state index contributed by atoms with van der Waals surface area (Å²) in [4.78, 5) is 10.4. The lowest BCUT2D eigenvalue weighted by molar-refractivity contribution is -0.136. The van der Waals surface area contributed by atoms with Gasteiger partial charge in [0.15, 0.2) is 0 Å². The molecule has 0 spiro atoms. The van der Waals surface area contributed by atoms with Gasteiger partial charge >= 0.3 is 5.97 Å². The van der Waals surface area contributed by atoms with Gasteiger partial charge in [0.25, 0.3) is 0 Å². The van der Waals surface area contributed by atoms with Crippen LogP contribution in [0.25, 0.3) is 0 Å². The van der Waals surface area contributed by atoms with E-state index in [4.69, 9.17) is 10.2 Å². The summed E-state index contributed by atoms with van der Waals surface area (Å²) in [5.74, 6) is -0.813. The van der Waals surface area contributed by atoms with E-state index in [1.807, 2.05) is 24.3 Å². The predicted octanol–water partition coefficient (Wildman–Crippen LogP) is 1.63. The van der Waals surface area contributed by atoms with Gasteiger partial charge in [0.1, 0.15) is 0 Å². The summed E-state index contributed by atoms with van der Waals surface area (Å²) in [5.41, 5.74) is 1.94. The van der Waals surface area contributed by atoms with E-state index in [1.54, 1.807) is 6.92 Å². The third-order valence-electron chi connectivity index (χ3n) is 2.23. The first-order valence-electron chi connectivity index (χ1n) is 5.05. The quantitative estimate of drug-likeness (QED) is 0.773. The number of rotatable bonds is 5. The highest BCUT2D eigenvalue weighted by Gasteiger charge is 2.01. The van der Waals surface area contributed by atoms with Crippen molar-refractivity contribution >= 4 is 5.97 Å². The smallest absolute Gasteiger partial charge is 0.307 e. The molecule has 0 heterocycles. The van der Waals surface area contributed by atoms with E-state index in [0.29, 0.717) is 0 Å². The second-order valence-corrected chi connectivity index (χ2v) is 3.77. The second-order valence-electron chi connectivity index (χ2n) is 3.77. The van der Waals surface area contributed by atoms with Gasteiger partial charge in [0, 0.05) is 0 Å². The second kappa shape index (κ2) is 5.51. The summed E-state index contributed by atoms with van der Waals surface area (Å²) >= 11 is 0. The number of aliphatic hydroxyl groups is 1. The number of aryl methyl sites for hydroxylation is 1. The van der Waals surface area contributed by atoms with Gasteiger partial charge in [-0.1, -0.05) is 24.3 Å². The van der Waals surface area contributed by atoms with E-state index in [2.05, 4.69) is 0 Å². The summed E-state index contributed by atoms with van der Waals surface area (Å²) in [7, 11) is 0. The molecule has 82 valence electrons. The highest BCUT2D eigenvalue weighted by Crippen LogP contribution is 2.08. The molecule has 3 nitrogen and oxygen atoms in total. The maximum absolute atomic E-state index is 10.4. The van der Waals surface area contributed by atoms with Gasteiger partial charge in [-0.3, -0.25) is 4.79 Å². The normalized spacial score (nSPS) is 12.4. The third kappa shape index (κ3) is 4.61. The number of aliphatic carboxylic acids is 1. The van der Waals surface area contributed by atoms with Crippen LogP contribution in [0.3, 0.4) is 0 Å². The summed E-state index contributed by atoms with van der Waals surface area (Å²) in [6.45, 7) is 1.76. The van der Waals surface area contributed by atoms with E-state index in [9.17, 15) is 4.79 Å². The molecule has 1 aromatic rings. The molecule has 0 aliphatic rings. The van der Waals surface area contributed by atoms with Gasteiger partial charge in [0.05, 0.1) is 12.5 Å². The van der Waals surface area contributed by atoms with Crippen molar-refractivity contribution in [3.8, 4) is 0 Å². The molecule has 0 saturated carbocycles. The molecule has 0 fully saturated rings. The van der Waals surface area contributed by atoms with Crippen molar-refractivity contribution in [2.75, 3.05) is 0 Å². The zero-order chi connectivity index (χ0) is 11.3. The maximum Gasteiger partial charge on any atom is 0.307 e. The van der Waals surface area contributed by atoms with Gasteiger partial charge in [-0.05, 0) is 30.9 Å². The molecule has 1 aromatic carbocycles. The molecular formula is C12H16O3. The van der Waals surface area contributed by atoms with Crippen molar-refractivity contribution in [2.45, 2.75) is 32.3 Å². The first kappa shape index (κ1) is 11.7. The van der Waals surface area contributed by atoms with E-state index in [-0.39, 0.29) is 12.5 Å². The average Bonchev–Trinajstić information content (AvgIpc) is 2.16. The molecule has 1 atom stereocenters. The zero-order valence-corrected chi connectivity index (χ0v) is 8.81. The zero-order valence-electron chi connectivity index (χ0n) is 8.81. The van der Waals surface area contributed by atoms with Crippen molar-refractivity contribution in [1.29, 1.82) is 0 Å². The average molecular weight is 208 g/mol. The number of carboxylic acids is 1. The Morgan fingerprint density at radius 3 is 2.27 bits per heavy atom. The van der Waals surface area contributed by atoms with Crippen LogP contribution in [0.5, 0.6) is 0 Å². The van der Waals surface area contributed by atoms with Crippen molar-refractivity contribution in [3.63, 3.8) is 0 Å². The topological polar surface area (TPSA) is 57.5 Å². The molecule has 3 heteroatoms. The summed E-state index contributed by atoms with van der Waals surface area (Å²) in [6.07, 6.45) is 1.34. The maximum atomic E-state index is 10.4. The van der Waals surface area contributed by atoms with E-state index < -0.39 is 5.97 Å². The molecule has 0 aliphatic heterocycles. The van der Waals surface area contributed by atoms with Crippen LogP contribution in [0.4, 0.5) is 0 Å². The molecule has 1 unspecified atom stereocenters. The Morgan fingerprint density at radius 2 is 1.80 bits per heavy atom. The highest BCUT2D eigenvalue weighted by atomic mass is 16.4. The lowest BCUT2D eigenvalue weighted by Gasteiger charge is -2.04. The van der Waals surface area contributed by atoms with Crippen molar-refractivity contribution in [2.24, 2.45) is 0 Å². The number of hydrogen-bond donors (Lipinski definition) is 2. The summed E-state index contributed by atoms with van der Waals surface area (Å²) < 4.78 is 0. The molecule has 1 rings (SSSR count). The third-order valence-corrected chi connectivity index (χ3v) is 2.23. The summed E-state index contributed by atoms with van der Waals surface area (Å²) in [6, 6.07) is 7.48. The molecule has 0 aromatic heterocycles. The Balaban J connectivity index is 2.52. The fourth-order valence-corrected chi connectivity index (χ4v) is 1.37. The number of carbonyl (C=O) groups is 1. The Labute approximate surface area is 89.4 Å². The number of hydrogen-bond acceptors (Lipinski definition) is 2. The van der Waals surface area contributed by atoms with Gasteiger partial charge in [-0.25, -0.2) is 0 Å². The lowest BCUT2D eigenvalue weighted by atomic mass is 10.0. The van der Waals surface area contributed by atoms with Crippen LogP contribution in [-0.4, -0.2) is 22.3 Å². The monoisotopic (exact) mass is 208 g/mol. The number of benzene rings is 1. The fourth-order valence-electron chi connectivity index (χ4n) is 1.37. The first-order chi connectivity index (χ1) is 7.08. The van der Waals surface area contributed by atoms with Crippen LogP contribution in [0, 0.1) is 0 Å². The minimum atomic E-state index is -0.813. The van der Waals surface area contributed by atoms with Gasteiger partial charge < -0.3 is 10.2 Å². The van der Waals surface area contributed by atoms with Crippen LogP contribution < -0.4 is 0 Å². The van der Waals surface area contributed by atoms with Gasteiger partial charge in [0.2, 0.25) is 0 Å². The van der Waals surface area contributed by atoms with Crippen LogP contribution in [-0.2, 0) is 17.6 Å². The van der Waals surface area contributed by atoms with Crippen LogP contribution in [0.2, 0.25) is 0 Å². The Hall–Kier alpha value is -1.35. The Morgan fingerprint density at radius 1 is 1.27 bits per heavy atom. The SMILES string of the molecule is CC(O)CCc1ccc(CC(=O)O)cc1. The predicted molar refractivity (Wildman–Crippen MR) is 57.8 cm³/mol.